The molecule has 0 radical (unpaired) electrons. The Hall–Kier alpha value is -2.52. The van der Waals surface area contributed by atoms with Gasteiger partial charge in [0.25, 0.3) is 11.6 Å². The van der Waals surface area contributed by atoms with Crippen molar-refractivity contribution >= 4 is 50.5 Å². The minimum Gasteiger partial charge on any atom is -0.494 e. The second-order valence-electron chi connectivity index (χ2n) is 5.56. The van der Waals surface area contributed by atoms with Crippen molar-refractivity contribution in [3.63, 3.8) is 0 Å². The molecule has 0 spiro atoms. The van der Waals surface area contributed by atoms with Crippen LogP contribution >= 0.6 is 28.1 Å². The van der Waals surface area contributed by atoms with E-state index in [2.05, 4.69) is 33.5 Å². The number of non-ortho nitro benzene ring substituents is 1. The van der Waals surface area contributed by atoms with Gasteiger partial charge in [0.1, 0.15) is 5.75 Å². The lowest BCUT2D eigenvalue weighted by Gasteiger charge is -2.12. The number of rotatable bonds is 7. The van der Waals surface area contributed by atoms with Crippen molar-refractivity contribution in [1.82, 2.24) is 5.32 Å². The van der Waals surface area contributed by atoms with Crippen molar-refractivity contribution in [3.8, 4) is 5.75 Å². The molecular formula is C18H18BrN3O4S. The minimum absolute atomic E-state index is 0.0535. The van der Waals surface area contributed by atoms with Crippen LogP contribution in [0.1, 0.15) is 30.1 Å². The largest absolute Gasteiger partial charge is 0.494 e. The number of hydrogen-bond acceptors (Lipinski definition) is 5. The number of unbranched alkanes of at least 4 members (excludes halogenated alkanes) is 1. The van der Waals surface area contributed by atoms with E-state index in [1.165, 1.54) is 18.2 Å². The van der Waals surface area contributed by atoms with E-state index in [-0.39, 0.29) is 16.7 Å². The second-order valence-corrected chi connectivity index (χ2v) is 6.82. The number of nitrogens with zero attached hydrogens (tertiary/aromatic N) is 1. The van der Waals surface area contributed by atoms with Crippen molar-refractivity contribution in [1.29, 1.82) is 0 Å². The molecule has 27 heavy (non-hydrogen) atoms. The van der Waals surface area contributed by atoms with Gasteiger partial charge in [0.15, 0.2) is 5.11 Å². The maximum absolute atomic E-state index is 12.4. The average molecular weight is 452 g/mol. The van der Waals surface area contributed by atoms with Gasteiger partial charge in [0.05, 0.1) is 17.2 Å². The molecule has 2 aromatic rings. The van der Waals surface area contributed by atoms with E-state index >= 15 is 0 Å². The molecule has 0 saturated carbocycles. The number of thiocarbonyl (C=S) groups is 1. The monoisotopic (exact) mass is 451 g/mol. The summed E-state index contributed by atoms with van der Waals surface area (Å²) in [5, 5.41) is 16.3. The fourth-order valence-corrected chi connectivity index (χ4v) is 2.78. The summed E-state index contributed by atoms with van der Waals surface area (Å²) in [7, 11) is 0. The molecule has 0 atom stereocenters. The van der Waals surface area contributed by atoms with Crippen molar-refractivity contribution in [3.05, 3.63) is 62.6 Å². The topological polar surface area (TPSA) is 93.5 Å². The van der Waals surface area contributed by atoms with Crippen LogP contribution in [-0.2, 0) is 0 Å². The first-order valence-electron chi connectivity index (χ1n) is 8.20. The molecule has 142 valence electrons. The quantitative estimate of drug-likeness (QED) is 0.275. The second kappa shape index (κ2) is 9.98. The van der Waals surface area contributed by atoms with Gasteiger partial charge in [-0.05, 0) is 58.8 Å². The van der Waals surface area contributed by atoms with Crippen molar-refractivity contribution in [2.24, 2.45) is 0 Å². The maximum atomic E-state index is 12.4. The lowest BCUT2D eigenvalue weighted by atomic mass is 10.2. The van der Waals surface area contributed by atoms with Crippen LogP contribution in [0.3, 0.4) is 0 Å². The Kier molecular flexibility index (Phi) is 7.68. The molecule has 2 aromatic carbocycles. The zero-order valence-corrected chi connectivity index (χ0v) is 16.9. The number of nitro groups is 1. The summed E-state index contributed by atoms with van der Waals surface area (Å²) in [4.78, 5) is 22.6. The van der Waals surface area contributed by atoms with E-state index < -0.39 is 4.92 Å². The molecule has 0 aliphatic carbocycles. The van der Waals surface area contributed by atoms with Crippen LogP contribution in [0.25, 0.3) is 0 Å². The highest BCUT2D eigenvalue weighted by Gasteiger charge is 2.12. The molecule has 0 fully saturated rings. The Morgan fingerprint density at radius 3 is 2.74 bits per heavy atom. The van der Waals surface area contributed by atoms with Gasteiger partial charge in [-0.3, -0.25) is 20.2 Å². The van der Waals surface area contributed by atoms with E-state index in [1.807, 2.05) is 0 Å². The Morgan fingerprint density at radius 1 is 1.30 bits per heavy atom. The first-order chi connectivity index (χ1) is 12.9. The fraction of sp³-hybridized carbons (Fsp3) is 0.222. The first-order valence-corrected chi connectivity index (χ1v) is 9.40. The highest BCUT2D eigenvalue weighted by Crippen LogP contribution is 2.27. The Balaban J connectivity index is 1.98. The molecule has 2 N–H and O–H groups in total. The van der Waals surface area contributed by atoms with Gasteiger partial charge in [-0.1, -0.05) is 19.4 Å². The zero-order chi connectivity index (χ0) is 19.8. The highest BCUT2D eigenvalue weighted by atomic mass is 79.9. The molecule has 1 amide bonds. The summed E-state index contributed by atoms with van der Waals surface area (Å²) in [6, 6.07) is 11.0. The standard InChI is InChI=1S/C18H18BrN3O4S/c1-2-3-9-26-14-6-4-5-12(10-14)17(23)21-18(27)20-16-8-7-13(22(24)25)11-15(16)19/h4-8,10-11H,2-3,9H2,1H3,(H2,20,21,23,27). The number of nitro benzene ring substituents is 1. The van der Waals surface area contributed by atoms with E-state index in [9.17, 15) is 14.9 Å². The number of hydrogen-bond donors (Lipinski definition) is 2. The lowest BCUT2D eigenvalue weighted by molar-refractivity contribution is -0.384. The summed E-state index contributed by atoms with van der Waals surface area (Å²) in [6.45, 7) is 2.67. The van der Waals surface area contributed by atoms with Gasteiger partial charge in [-0.2, -0.15) is 0 Å². The van der Waals surface area contributed by atoms with Gasteiger partial charge in [0.2, 0.25) is 0 Å². The van der Waals surface area contributed by atoms with E-state index in [4.69, 9.17) is 17.0 Å². The molecule has 0 aliphatic heterocycles. The van der Waals surface area contributed by atoms with E-state index in [0.29, 0.717) is 28.1 Å². The molecule has 0 bridgehead atoms. The number of halogens is 1. The third-order valence-electron chi connectivity index (χ3n) is 3.50. The molecule has 0 unspecified atom stereocenters. The van der Waals surface area contributed by atoms with Crippen LogP contribution in [-0.4, -0.2) is 22.5 Å². The number of nitrogens with one attached hydrogen (secondary N) is 2. The fourth-order valence-electron chi connectivity index (χ4n) is 2.11. The van der Waals surface area contributed by atoms with Crippen molar-refractivity contribution in [2.75, 3.05) is 11.9 Å². The van der Waals surface area contributed by atoms with E-state index in [0.717, 1.165) is 12.8 Å². The van der Waals surface area contributed by atoms with Gasteiger partial charge in [-0.15, -0.1) is 0 Å². The smallest absolute Gasteiger partial charge is 0.270 e. The van der Waals surface area contributed by atoms with Gasteiger partial charge in [-0.25, -0.2) is 0 Å². The number of carbonyl (C=O) groups is 1. The maximum Gasteiger partial charge on any atom is 0.270 e. The number of carbonyl (C=O) groups excluding carboxylic acids is 1. The minimum atomic E-state index is -0.496. The molecule has 0 heterocycles. The molecular weight excluding hydrogens is 434 g/mol. The van der Waals surface area contributed by atoms with E-state index in [1.54, 1.807) is 24.3 Å². The van der Waals surface area contributed by atoms with Crippen LogP contribution < -0.4 is 15.4 Å². The number of benzene rings is 2. The van der Waals surface area contributed by atoms with Crippen LogP contribution in [0.5, 0.6) is 5.75 Å². The Morgan fingerprint density at radius 2 is 2.07 bits per heavy atom. The number of ether oxygens (including phenoxy) is 1. The molecule has 0 aliphatic rings. The average Bonchev–Trinajstić information content (AvgIpc) is 2.63. The van der Waals surface area contributed by atoms with Gasteiger partial charge in [0, 0.05) is 22.2 Å². The predicted octanol–water partition coefficient (Wildman–Crippen LogP) is 4.66. The highest BCUT2D eigenvalue weighted by molar-refractivity contribution is 9.10. The normalized spacial score (nSPS) is 10.1. The molecule has 0 aromatic heterocycles. The summed E-state index contributed by atoms with van der Waals surface area (Å²) in [5.41, 5.74) is 0.862. The zero-order valence-electron chi connectivity index (χ0n) is 14.5. The Bertz CT molecular complexity index is 860. The molecule has 9 heteroatoms. The van der Waals surface area contributed by atoms with Crippen LogP contribution in [0.15, 0.2) is 46.9 Å². The summed E-state index contributed by atoms with van der Waals surface area (Å²) < 4.78 is 6.05. The molecule has 0 saturated heterocycles. The van der Waals surface area contributed by atoms with Crippen molar-refractivity contribution < 1.29 is 14.5 Å². The van der Waals surface area contributed by atoms with Crippen molar-refractivity contribution in [2.45, 2.75) is 19.8 Å². The first kappa shape index (κ1) is 20.8. The number of anilines is 1. The van der Waals surface area contributed by atoms with Gasteiger partial charge >= 0.3 is 0 Å². The molecule has 2 rings (SSSR count). The molecule has 7 nitrogen and oxygen atoms in total. The number of amides is 1. The predicted molar refractivity (Wildman–Crippen MR) is 111 cm³/mol. The van der Waals surface area contributed by atoms with Crippen LogP contribution in [0.4, 0.5) is 11.4 Å². The summed E-state index contributed by atoms with van der Waals surface area (Å²) >= 11 is 8.38. The SMILES string of the molecule is CCCCOc1cccc(C(=O)NC(=S)Nc2ccc([N+](=O)[O-])cc2Br)c1. The van der Waals surface area contributed by atoms with Gasteiger partial charge < -0.3 is 10.1 Å². The third kappa shape index (κ3) is 6.30. The Labute approximate surface area is 170 Å². The summed E-state index contributed by atoms with van der Waals surface area (Å²) in [6.07, 6.45) is 1.97. The van der Waals surface area contributed by atoms with Crippen LogP contribution in [0.2, 0.25) is 0 Å². The van der Waals surface area contributed by atoms with Crippen LogP contribution in [0, 0.1) is 10.1 Å². The lowest BCUT2D eigenvalue weighted by Crippen LogP contribution is -2.34. The summed E-state index contributed by atoms with van der Waals surface area (Å²) in [5.74, 6) is 0.236. The third-order valence-corrected chi connectivity index (χ3v) is 4.36.